The molecule has 3 nitrogen and oxygen atoms in total. The van der Waals surface area contributed by atoms with Crippen LogP contribution in [0.1, 0.15) is 121 Å². The molecule has 1 aromatic heterocycles. The molecule has 0 spiro atoms. The summed E-state index contributed by atoms with van der Waals surface area (Å²) < 4.78 is 2.17. The summed E-state index contributed by atoms with van der Waals surface area (Å²) in [6, 6.07) is 2.23. The maximum Gasteiger partial charge on any atom is 0.108 e. The molecule has 0 radical (unpaired) electrons. The van der Waals surface area contributed by atoms with Crippen LogP contribution in [0.25, 0.3) is 0 Å². The molecule has 0 saturated carbocycles. The minimum Gasteiger partial charge on any atom is -0.334 e. The number of unbranched alkanes of at least 4 members (excludes halogenated alkanes) is 14. The molecule has 0 amide bonds. The highest BCUT2D eigenvalue weighted by molar-refractivity contribution is 5.02. The molecule has 0 N–H and O–H groups in total. The van der Waals surface area contributed by atoms with Crippen LogP contribution in [0.4, 0.5) is 0 Å². The molecule has 27 heavy (non-hydrogen) atoms. The number of hydrogen-bond acceptors (Lipinski definition) is 2. The van der Waals surface area contributed by atoms with Crippen LogP contribution < -0.4 is 0 Å². The normalized spacial score (nSPS) is 11.0. The van der Waals surface area contributed by atoms with Gasteiger partial charge in [-0.25, -0.2) is 4.98 Å². The van der Waals surface area contributed by atoms with Crippen molar-refractivity contribution in [2.45, 2.75) is 130 Å². The Labute approximate surface area is 168 Å². The Kier molecular flexibility index (Phi) is 14.8. The fourth-order valence-electron chi connectivity index (χ4n) is 3.81. The van der Waals surface area contributed by atoms with E-state index < -0.39 is 0 Å². The third-order valence-electron chi connectivity index (χ3n) is 5.45. The highest BCUT2D eigenvalue weighted by Crippen LogP contribution is 2.14. The first-order chi connectivity index (χ1) is 13.3. The van der Waals surface area contributed by atoms with Gasteiger partial charge in [0.2, 0.25) is 0 Å². The van der Waals surface area contributed by atoms with Crippen LogP contribution in [-0.2, 0) is 13.0 Å². The topological polar surface area (TPSA) is 41.6 Å². The maximum atomic E-state index is 8.76. The first kappa shape index (κ1) is 23.7. The van der Waals surface area contributed by atoms with E-state index in [1.54, 1.807) is 0 Å². The van der Waals surface area contributed by atoms with Crippen molar-refractivity contribution in [3.63, 3.8) is 0 Å². The van der Waals surface area contributed by atoms with Gasteiger partial charge >= 0.3 is 0 Å². The van der Waals surface area contributed by atoms with Gasteiger partial charge in [-0.3, -0.25) is 0 Å². The maximum absolute atomic E-state index is 8.76. The van der Waals surface area contributed by atoms with Gasteiger partial charge in [-0.2, -0.15) is 5.26 Å². The predicted molar refractivity (Wildman–Crippen MR) is 116 cm³/mol. The highest BCUT2D eigenvalue weighted by atomic mass is 15.1. The molecular formula is C24H43N3. The van der Waals surface area contributed by atoms with Crippen LogP contribution in [0.15, 0.2) is 6.20 Å². The van der Waals surface area contributed by atoms with E-state index in [-0.39, 0.29) is 0 Å². The molecule has 0 fully saturated rings. The molecule has 154 valence electrons. The molecule has 0 atom stereocenters. The summed E-state index contributed by atoms with van der Waals surface area (Å²) in [5, 5.41) is 8.76. The number of aryl methyl sites for hydroxylation is 3. The van der Waals surface area contributed by atoms with Gasteiger partial charge in [-0.1, -0.05) is 96.8 Å². The number of imidazole rings is 1. The molecule has 0 unspecified atom stereocenters. The summed E-state index contributed by atoms with van der Waals surface area (Å²) >= 11 is 0. The molecule has 3 heteroatoms. The van der Waals surface area contributed by atoms with Gasteiger partial charge < -0.3 is 4.57 Å². The minimum absolute atomic E-state index is 0.571. The lowest BCUT2D eigenvalue weighted by atomic mass is 10.0. The van der Waals surface area contributed by atoms with Crippen molar-refractivity contribution in [2.24, 2.45) is 0 Å². The predicted octanol–water partition coefficient (Wildman–Crippen LogP) is 7.52. The summed E-state index contributed by atoms with van der Waals surface area (Å²) in [5.41, 5.74) is 1.07. The van der Waals surface area contributed by atoms with Gasteiger partial charge in [0.05, 0.1) is 18.2 Å². The van der Waals surface area contributed by atoms with Gasteiger partial charge in [-0.15, -0.1) is 0 Å². The Morgan fingerprint density at radius 2 is 1.30 bits per heavy atom. The molecule has 1 aromatic rings. The fraction of sp³-hybridized carbons (Fsp3) is 0.833. The third kappa shape index (κ3) is 12.7. The van der Waals surface area contributed by atoms with Crippen LogP contribution in [0.2, 0.25) is 0 Å². The molecule has 0 bridgehead atoms. The lowest BCUT2D eigenvalue weighted by Crippen LogP contribution is -2.02. The van der Waals surface area contributed by atoms with Crippen molar-refractivity contribution >= 4 is 0 Å². The van der Waals surface area contributed by atoms with Gasteiger partial charge in [0.1, 0.15) is 5.82 Å². The monoisotopic (exact) mass is 373 g/mol. The van der Waals surface area contributed by atoms with Crippen molar-refractivity contribution in [1.29, 1.82) is 5.26 Å². The van der Waals surface area contributed by atoms with Gasteiger partial charge in [-0.05, 0) is 13.3 Å². The molecule has 1 heterocycles. The number of rotatable bonds is 18. The van der Waals surface area contributed by atoms with Crippen molar-refractivity contribution < 1.29 is 0 Å². The van der Waals surface area contributed by atoms with Crippen molar-refractivity contribution in [3.05, 3.63) is 17.7 Å². The van der Waals surface area contributed by atoms with E-state index in [2.05, 4.69) is 28.7 Å². The summed E-state index contributed by atoms with van der Waals surface area (Å²) in [4.78, 5) is 4.62. The molecule has 0 aliphatic carbocycles. The van der Waals surface area contributed by atoms with E-state index in [1.807, 2.05) is 6.92 Å². The summed E-state index contributed by atoms with van der Waals surface area (Å²) in [5.74, 6) is 1.16. The van der Waals surface area contributed by atoms with Crippen molar-refractivity contribution in [3.8, 4) is 6.07 Å². The number of aromatic nitrogens is 2. The SMILES string of the molecule is CCCCCCCCCCCCCCCCCc1nc(C)cn1CCC#N. The standard InChI is InChI=1S/C24H43N3/c1-3-4-5-6-7-8-9-10-11-12-13-14-15-16-17-19-24-26-23(2)22-27(24)21-18-20-25/h22H,3-19,21H2,1-2H3. The second kappa shape index (κ2) is 16.8. The molecular weight excluding hydrogens is 330 g/mol. The second-order valence-corrected chi connectivity index (χ2v) is 8.10. The van der Waals surface area contributed by atoms with E-state index >= 15 is 0 Å². The van der Waals surface area contributed by atoms with Gasteiger partial charge in [0.25, 0.3) is 0 Å². The Morgan fingerprint density at radius 1 is 0.815 bits per heavy atom. The Morgan fingerprint density at radius 3 is 1.78 bits per heavy atom. The Bertz CT molecular complexity index is 498. The number of nitriles is 1. The third-order valence-corrected chi connectivity index (χ3v) is 5.45. The Hall–Kier alpha value is -1.30. The second-order valence-electron chi connectivity index (χ2n) is 8.10. The van der Waals surface area contributed by atoms with E-state index in [9.17, 15) is 0 Å². The lowest BCUT2D eigenvalue weighted by molar-refractivity contribution is 0.530. The van der Waals surface area contributed by atoms with E-state index in [0.717, 1.165) is 24.5 Å². The molecule has 1 rings (SSSR count). The summed E-state index contributed by atoms with van der Waals surface area (Å²) in [7, 11) is 0. The van der Waals surface area contributed by atoms with Crippen molar-refractivity contribution in [2.75, 3.05) is 0 Å². The van der Waals surface area contributed by atoms with E-state index in [0.29, 0.717) is 6.42 Å². The van der Waals surface area contributed by atoms with Crippen LogP contribution in [0.3, 0.4) is 0 Å². The molecule has 0 aliphatic heterocycles. The quantitative estimate of drug-likeness (QED) is 0.250. The van der Waals surface area contributed by atoms with Crippen LogP contribution >= 0.6 is 0 Å². The smallest absolute Gasteiger partial charge is 0.108 e. The number of hydrogen-bond donors (Lipinski definition) is 0. The lowest BCUT2D eigenvalue weighted by Gasteiger charge is -2.06. The van der Waals surface area contributed by atoms with Crippen LogP contribution in [0, 0.1) is 18.3 Å². The van der Waals surface area contributed by atoms with Crippen LogP contribution in [-0.4, -0.2) is 9.55 Å². The molecule has 0 saturated heterocycles. The number of nitrogens with zero attached hydrogens (tertiary/aromatic N) is 3. The van der Waals surface area contributed by atoms with Crippen molar-refractivity contribution in [1.82, 2.24) is 9.55 Å². The molecule has 0 aliphatic rings. The fourth-order valence-corrected chi connectivity index (χ4v) is 3.81. The largest absolute Gasteiger partial charge is 0.334 e. The molecule has 0 aromatic carbocycles. The van der Waals surface area contributed by atoms with Gasteiger partial charge in [0.15, 0.2) is 0 Å². The zero-order valence-corrected chi connectivity index (χ0v) is 18.1. The van der Waals surface area contributed by atoms with Gasteiger partial charge in [0, 0.05) is 19.2 Å². The zero-order valence-electron chi connectivity index (χ0n) is 18.1. The first-order valence-corrected chi connectivity index (χ1v) is 11.7. The summed E-state index contributed by atoms with van der Waals surface area (Å²) in [6.07, 6.45) is 24.7. The first-order valence-electron chi connectivity index (χ1n) is 11.7. The zero-order chi connectivity index (χ0) is 19.6. The average molecular weight is 374 g/mol. The highest BCUT2D eigenvalue weighted by Gasteiger charge is 2.05. The van der Waals surface area contributed by atoms with E-state index in [1.165, 1.54) is 96.3 Å². The summed E-state index contributed by atoms with van der Waals surface area (Å²) in [6.45, 7) is 5.11. The van der Waals surface area contributed by atoms with E-state index in [4.69, 9.17) is 5.26 Å². The Balaban J connectivity index is 1.89. The average Bonchev–Trinajstić information content (AvgIpc) is 3.02. The minimum atomic E-state index is 0.571. The van der Waals surface area contributed by atoms with Crippen LogP contribution in [0.5, 0.6) is 0 Å².